The van der Waals surface area contributed by atoms with Crippen molar-refractivity contribution in [1.82, 2.24) is 5.32 Å². The average Bonchev–Trinajstić information content (AvgIpc) is 2.39. The Kier molecular flexibility index (Phi) is 5.84. The lowest BCUT2D eigenvalue weighted by atomic mass is 10.0. The van der Waals surface area contributed by atoms with Crippen LogP contribution in [0, 0.1) is 0 Å². The molecule has 17 heavy (non-hydrogen) atoms. The smallest absolute Gasteiger partial charge is 0.125 e. The molecular formula is C14H23NO2. The molecule has 0 aliphatic rings. The van der Waals surface area contributed by atoms with Crippen LogP contribution >= 0.6 is 0 Å². The van der Waals surface area contributed by atoms with Crippen molar-refractivity contribution in [3.63, 3.8) is 0 Å². The maximum atomic E-state index is 5.39. The second-order valence-electron chi connectivity index (χ2n) is 4.11. The third-order valence-corrected chi connectivity index (χ3v) is 3.16. The van der Waals surface area contributed by atoms with Gasteiger partial charge >= 0.3 is 0 Å². The molecule has 0 heterocycles. The zero-order valence-electron chi connectivity index (χ0n) is 11.2. The third-order valence-electron chi connectivity index (χ3n) is 3.16. The summed E-state index contributed by atoms with van der Waals surface area (Å²) < 4.78 is 10.6. The lowest BCUT2D eigenvalue weighted by Gasteiger charge is -2.15. The van der Waals surface area contributed by atoms with E-state index in [0.29, 0.717) is 6.04 Å². The van der Waals surface area contributed by atoms with Gasteiger partial charge in [-0.25, -0.2) is 0 Å². The summed E-state index contributed by atoms with van der Waals surface area (Å²) in [6.07, 6.45) is 3.29. The van der Waals surface area contributed by atoms with Crippen LogP contribution in [-0.2, 0) is 6.42 Å². The van der Waals surface area contributed by atoms with Gasteiger partial charge in [-0.15, -0.1) is 0 Å². The van der Waals surface area contributed by atoms with E-state index in [1.807, 2.05) is 19.2 Å². The van der Waals surface area contributed by atoms with Gasteiger partial charge in [0.05, 0.1) is 14.2 Å². The topological polar surface area (TPSA) is 30.5 Å². The monoisotopic (exact) mass is 237 g/mol. The van der Waals surface area contributed by atoms with E-state index in [4.69, 9.17) is 9.47 Å². The highest BCUT2D eigenvalue weighted by Gasteiger charge is 2.08. The largest absolute Gasteiger partial charge is 0.497 e. The predicted molar refractivity (Wildman–Crippen MR) is 71.0 cm³/mol. The van der Waals surface area contributed by atoms with Gasteiger partial charge in [0, 0.05) is 12.1 Å². The number of hydrogen-bond acceptors (Lipinski definition) is 3. The molecule has 0 radical (unpaired) electrons. The minimum Gasteiger partial charge on any atom is -0.497 e. The molecule has 1 aromatic carbocycles. The van der Waals surface area contributed by atoms with Gasteiger partial charge in [0.25, 0.3) is 0 Å². The molecule has 3 heteroatoms. The van der Waals surface area contributed by atoms with E-state index in [0.717, 1.165) is 30.8 Å². The average molecular weight is 237 g/mol. The SMILES string of the molecule is CCC(CCc1ccc(OC)cc1OC)NC. The highest BCUT2D eigenvalue weighted by molar-refractivity contribution is 5.40. The first-order chi connectivity index (χ1) is 8.24. The van der Waals surface area contributed by atoms with Crippen molar-refractivity contribution in [3.8, 4) is 11.5 Å². The highest BCUT2D eigenvalue weighted by atomic mass is 16.5. The molecule has 1 unspecified atom stereocenters. The van der Waals surface area contributed by atoms with Crippen molar-refractivity contribution in [2.45, 2.75) is 32.2 Å². The standard InChI is InChI=1S/C14H23NO2/c1-5-12(15-2)8-6-11-7-9-13(16-3)10-14(11)17-4/h7,9-10,12,15H,5-6,8H2,1-4H3. The summed E-state index contributed by atoms with van der Waals surface area (Å²) in [4.78, 5) is 0. The summed E-state index contributed by atoms with van der Waals surface area (Å²) in [5.41, 5.74) is 1.24. The summed E-state index contributed by atoms with van der Waals surface area (Å²) in [7, 11) is 5.38. The Bertz CT molecular complexity index is 335. The van der Waals surface area contributed by atoms with Gasteiger partial charge in [-0.2, -0.15) is 0 Å². The van der Waals surface area contributed by atoms with E-state index < -0.39 is 0 Å². The molecule has 96 valence electrons. The van der Waals surface area contributed by atoms with E-state index in [1.165, 1.54) is 5.56 Å². The van der Waals surface area contributed by atoms with Gasteiger partial charge in [-0.05, 0) is 37.9 Å². The summed E-state index contributed by atoms with van der Waals surface area (Å²) in [5, 5.41) is 3.32. The molecule has 0 amide bonds. The first kappa shape index (κ1) is 13.8. The van der Waals surface area contributed by atoms with E-state index in [2.05, 4.69) is 18.3 Å². The molecule has 0 aromatic heterocycles. The van der Waals surface area contributed by atoms with Gasteiger partial charge in [0.15, 0.2) is 0 Å². The normalized spacial score (nSPS) is 12.2. The van der Waals surface area contributed by atoms with E-state index >= 15 is 0 Å². The quantitative estimate of drug-likeness (QED) is 0.791. The number of methoxy groups -OCH3 is 2. The van der Waals surface area contributed by atoms with Crippen molar-refractivity contribution >= 4 is 0 Å². The molecule has 1 N–H and O–H groups in total. The van der Waals surface area contributed by atoms with Gasteiger partial charge in [0.1, 0.15) is 11.5 Å². The van der Waals surface area contributed by atoms with Crippen LogP contribution in [-0.4, -0.2) is 27.3 Å². The Morgan fingerprint density at radius 2 is 2.00 bits per heavy atom. The molecule has 0 fully saturated rings. The first-order valence-electron chi connectivity index (χ1n) is 6.13. The zero-order chi connectivity index (χ0) is 12.7. The van der Waals surface area contributed by atoms with E-state index in [-0.39, 0.29) is 0 Å². The summed E-state index contributed by atoms with van der Waals surface area (Å²) in [6, 6.07) is 6.58. The maximum Gasteiger partial charge on any atom is 0.125 e. The number of nitrogens with one attached hydrogen (secondary N) is 1. The molecule has 0 aliphatic carbocycles. The number of aryl methyl sites for hydroxylation is 1. The van der Waals surface area contributed by atoms with Crippen LogP contribution in [0.25, 0.3) is 0 Å². The van der Waals surface area contributed by atoms with Crippen LogP contribution in [0.5, 0.6) is 11.5 Å². The highest BCUT2D eigenvalue weighted by Crippen LogP contribution is 2.25. The Morgan fingerprint density at radius 1 is 1.24 bits per heavy atom. The second kappa shape index (κ2) is 7.17. The van der Waals surface area contributed by atoms with E-state index in [9.17, 15) is 0 Å². The van der Waals surface area contributed by atoms with Crippen molar-refractivity contribution in [2.24, 2.45) is 0 Å². The fraction of sp³-hybridized carbons (Fsp3) is 0.571. The van der Waals surface area contributed by atoms with E-state index in [1.54, 1.807) is 14.2 Å². The molecule has 0 saturated carbocycles. The Balaban J connectivity index is 2.70. The number of hydrogen-bond donors (Lipinski definition) is 1. The van der Waals surface area contributed by atoms with Crippen LogP contribution < -0.4 is 14.8 Å². The molecule has 1 rings (SSSR count). The molecule has 0 saturated heterocycles. The van der Waals surface area contributed by atoms with Crippen molar-refractivity contribution in [3.05, 3.63) is 23.8 Å². The van der Waals surface area contributed by atoms with Gasteiger partial charge in [0.2, 0.25) is 0 Å². The van der Waals surface area contributed by atoms with Crippen molar-refractivity contribution in [1.29, 1.82) is 0 Å². The summed E-state index contributed by atoms with van der Waals surface area (Å²) >= 11 is 0. The van der Waals surface area contributed by atoms with Crippen molar-refractivity contribution < 1.29 is 9.47 Å². The van der Waals surface area contributed by atoms with Crippen LogP contribution in [0.2, 0.25) is 0 Å². The summed E-state index contributed by atoms with van der Waals surface area (Å²) in [6.45, 7) is 2.20. The third kappa shape index (κ3) is 3.93. The lowest BCUT2D eigenvalue weighted by molar-refractivity contribution is 0.389. The molecule has 0 spiro atoms. The van der Waals surface area contributed by atoms with Crippen LogP contribution in [0.15, 0.2) is 18.2 Å². The van der Waals surface area contributed by atoms with Gasteiger partial charge in [-0.3, -0.25) is 0 Å². The summed E-state index contributed by atoms with van der Waals surface area (Å²) in [5.74, 6) is 1.75. The fourth-order valence-electron chi connectivity index (χ4n) is 1.94. The maximum absolute atomic E-state index is 5.39. The molecule has 0 aliphatic heterocycles. The Morgan fingerprint density at radius 3 is 2.53 bits per heavy atom. The molecule has 1 atom stereocenters. The molecular weight excluding hydrogens is 214 g/mol. The minimum atomic E-state index is 0.571. The Labute approximate surface area is 104 Å². The minimum absolute atomic E-state index is 0.571. The molecule has 0 bridgehead atoms. The molecule has 1 aromatic rings. The van der Waals surface area contributed by atoms with Crippen LogP contribution in [0.4, 0.5) is 0 Å². The second-order valence-corrected chi connectivity index (χ2v) is 4.11. The number of benzene rings is 1. The number of ether oxygens (including phenoxy) is 2. The van der Waals surface area contributed by atoms with Crippen LogP contribution in [0.1, 0.15) is 25.3 Å². The van der Waals surface area contributed by atoms with Crippen LogP contribution in [0.3, 0.4) is 0 Å². The lowest BCUT2D eigenvalue weighted by Crippen LogP contribution is -2.24. The molecule has 3 nitrogen and oxygen atoms in total. The van der Waals surface area contributed by atoms with Gasteiger partial charge in [-0.1, -0.05) is 13.0 Å². The zero-order valence-corrected chi connectivity index (χ0v) is 11.2. The first-order valence-corrected chi connectivity index (χ1v) is 6.13. The Hall–Kier alpha value is -1.22. The van der Waals surface area contributed by atoms with Gasteiger partial charge < -0.3 is 14.8 Å². The van der Waals surface area contributed by atoms with Crippen molar-refractivity contribution in [2.75, 3.05) is 21.3 Å². The number of rotatable bonds is 7. The predicted octanol–water partition coefficient (Wildman–Crippen LogP) is 2.63. The fourth-order valence-corrected chi connectivity index (χ4v) is 1.94.